The quantitative estimate of drug-likeness (QED) is 0.822. The van der Waals surface area contributed by atoms with Crippen molar-refractivity contribution >= 4 is 11.6 Å². The Labute approximate surface area is 110 Å². The minimum Gasteiger partial charge on any atom is -0.388 e. The molecule has 2 aromatic carbocycles. The van der Waals surface area contributed by atoms with Crippen molar-refractivity contribution in [2.24, 2.45) is 0 Å². The van der Waals surface area contributed by atoms with Gasteiger partial charge in [0.25, 0.3) is 0 Å². The van der Waals surface area contributed by atoms with E-state index in [-0.39, 0.29) is 11.7 Å². The normalized spacial score (nSPS) is 21.9. The molecule has 1 aliphatic carbocycles. The SMILES string of the molecule is O[C@H]1C[C@H](c2ccccc2F)c2ccc(Cl)cc21. The molecule has 0 aromatic heterocycles. The number of aliphatic hydroxyl groups is 1. The van der Waals surface area contributed by atoms with Gasteiger partial charge in [0, 0.05) is 10.9 Å². The standard InChI is InChI=1S/C15H12ClFO/c16-9-5-6-10-12(8-15(18)13(10)7-9)11-3-1-2-4-14(11)17/h1-7,12,15,18H,8H2/t12-,15-/m0/s1. The molecule has 3 heteroatoms. The molecule has 0 fully saturated rings. The number of benzene rings is 2. The molecular weight excluding hydrogens is 251 g/mol. The first-order valence-corrected chi connectivity index (χ1v) is 6.26. The summed E-state index contributed by atoms with van der Waals surface area (Å²) in [5.74, 6) is -0.314. The van der Waals surface area contributed by atoms with Crippen LogP contribution in [0, 0.1) is 5.82 Å². The molecule has 0 amide bonds. The maximum atomic E-state index is 13.8. The summed E-state index contributed by atoms with van der Waals surface area (Å²) in [5.41, 5.74) is 2.42. The van der Waals surface area contributed by atoms with Crippen LogP contribution in [0.15, 0.2) is 42.5 Å². The first-order chi connectivity index (χ1) is 8.66. The second-order valence-electron chi connectivity index (χ2n) is 4.60. The molecule has 3 rings (SSSR count). The zero-order valence-electron chi connectivity index (χ0n) is 9.61. The molecule has 0 saturated carbocycles. The fraction of sp³-hybridized carbons (Fsp3) is 0.200. The van der Waals surface area contributed by atoms with Crippen LogP contribution in [0.4, 0.5) is 4.39 Å². The van der Waals surface area contributed by atoms with Gasteiger partial charge in [-0.25, -0.2) is 4.39 Å². The molecule has 0 saturated heterocycles. The second-order valence-corrected chi connectivity index (χ2v) is 5.04. The molecule has 2 aromatic rings. The molecule has 2 atom stereocenters. The van der Waals surface area contributed by atoms with E-state index in [1.807, 2.05) is 12.1 Å². The lowest BCUT2D eigenvalue weighted by Gasteiger charge is -2.12. The molecule has 0 bridgehead atoms. The number of hydrogen-bond donors (Lipinski definition) is 1. The number of fused-ring (bicyclic) bond motifs is 1. The van der Waals surface area contributed by atoms with E-state index in [1.165, 1.54) is 6.07 Å². The van der Waals surface area contributed by atoms with Gasteiger partial charge in [-0.2, -0.15) is 0 Å². The maximum absolute atomic E-state index is 13.8. The molecule has 92 valence electrons. The molecular formula is C15H12ClFO. The van der Waals surface area contributed by atoms with Gasteiger partial charge in [0.15, 0.2) is 0 Å². The van der Waals surface area contributed by atoms with Crippen LogP contribution < -0.4 is 0 Å². The Hall–Kier alpha value is -1.38. The smallest absolute Gasteiger partial charge is 0.127 e. The van der Waals surface area contributed by atoms with Gasteiger partial charge in [-0.15, -0.1) is 0 Å². The third-order valence-electron chi connectivity index (χ3n) is 3.52. The van der Waals surface area contributed by atoms with Crippen molar-refractivity contribution in [3.8, 4) is 0 Å². The minimum absolute atomic E-state index is 0.0894. The van der Waals surface area contributed by atoms with Crippen LogP contribution in [-0.2, 0) is 0 Å². The van der Waals surface area contributed by atoms with Crippen molar-refractivity contribution in [2.75, 3.05) is 0 Å². The molecule has 0 spiro atoms. The van der Waals surface area contributed by atoms with Gasteiger partial charge in [-0.3, -0.25) is 0 Å². The van der Waals surface area contributed by atoms with Crippen LogP contribution in [0.5, 0.6) is 0 Å². The van der Waals surface area contributed by atoms with E-state index in [9.17, 15) is 9.50 Å². The van der Waals surface area contributed by atoms with E-state index < -0.39 is 6.10 Å². The average molecular weight is 263 g/mol. The van der Waals surface area contributed by atoms with Crippen LogP contribution in [0.2, 0.25) is 5.02 Å². The second kappa shape index (κ2) is 4.38. The van der Waals surface area contributed by atoms with E-state index in [0.29, 0.717) is 17.0 Å². The lowest BCUT2D eigenvalue weighted by atomic mass is 9.93. The highest BCUT2D eigenvalue weighted by molar-refractivity contribution is 6.30. The van der Waals surface area contributed by atoms with Crippen molar-refractivity contribution in [1.82, 2.24) is 0 Å². The highest BCUT2D eigenvalue weighted by Crippen LogP contribution is 2.45. The van der Waals surface area contributed by atoms with E-state index in [1.54, 1.807) is 24.3 Å². The van der Waals surface area contributed by atoms with Gasteiger partial charge in [0.1, 0.15) is 5.82 Å². The third-order valence-corrected chi connectivity index (χ3v) is 3.76. The van der Waals surface area contributed by atoms with Gasteiger partial charge in [0.2, 0.25) is 0 Å². The highest BCUT2D eigenvalue weighted by Gasteiger charge is 2.32. The largest absolute Gasteiger partial charge is 0.388 e. The molecule has 0 radical (unpaired) electrons. The monoisotopic (exact) mass is 262 g/mol. The van der Waals surface area contributed by atoms with Crippen molar-refractivity contribution in [3.05, 3.63) is 70.0 Å². The van der Waals surface area contributed by atoms with Gasteiger partial charge >= 0.3 is 0 Å². The summed E-state index contributed by atoms with van der Waals surface area (Å²) in [7, 11) is 0. The van der Waals surface area contributed by atoms with Crippen LogP contribution >= 0.6 is 11.6 Å². The summed E-state index contributed by atoms with van der Waals surface area (Å²) >= 11 is 5.93. The van der Waals surface area contributed by atoms with Crippen molar-refractivity contribution in [2.45, 2.75) is 18.4 Å². The lowest BCUT2D eigenvalue weighted by Crippen LogP contribution is -1.99. The van der Waals surface area contributed by atoms with Gasteiger partial charge in [0.05, 0.1) is 6.10 Å². The molecule has 1 nitrogen and oxygen atoms in total. The Morgan fingerprint density at radius 2 is 1.83 bits per heavy atom. The van der Waals surface area contributed by atoms with E-state index in [4.69, 9.17) is 11.6 Å². The van der Waals surface area contributed by atoms with Crippen molar-refractivity contribution in [1.29, 1.82) is 0 Å². The van der Waals surface area contributed by atoms with E-state index >= 15 is 0 Å². The number of aliphatic hydroxyl groups excluding tert-OH is 1. The van der Waals surface area contributed by atoms with Gasteiger partial charge < -0.3 is 5.11 Å². The van der Waals surface area contributed by atoms with Gasteiger partial charge in [-0.1, -0.05) is 35.9 Å². The summed E-state index contributed by atoms with van der Waals surface area (Å²) in [6, 6.07) is 12.2. The molecule has 0 aliphatic heterocycles. The fourth-order valence-electron chi connectivity index (χ4n) is 2.68. The highest BCUT2D eigenvalue weighted by atomic mass is 35.5. The van der Waals surface area contributed by atoms with E-state index in [0.717, 1.165) is 11.1 Å². The maximum Gasteiger partial charge on any atom is 0.127 e. The Kier molecular flexibility index (Phi) is 2.84. The third kappa shape index (κ3) is 1.82. The summed E-state index contributed by atoms with van der Waals surface area (Å²) in [6.45, 7) is 0. The lowest BCUT2D eigenvalue weighted by molar-refractivity contribution is 0.176. The molecule has 0 heterocycles. The minimum atomic E-state index is -0.566. The number of hydrogen-bond acceptors (Lipinski definition) is 1. The molecule has 0 unspecified atom stereocenters. The van der Waals surface area contributed by atoms with Crippen LogP contribution in [0.3, 0.4) is 0 Å². The first-order valence-electron chi connectivity index (χ1n) is 5.88. The van der Waals surface area contributed by atoms with Crippen molar-refractivity contribution < 1.29 is 9.50 Å². The topological polar surface area (TPSA) is 20.2 Å². The molecule has 18 heavy (non-hydrogen) atoms. The fourth-order valence-corrected chi connectivity index (χ4v) is 2.86. The Bertz CT molecular complexity index is 597. The zero-order chi connectivity index (χ0) is 12.7. The number of rotatable bonds is 1. The van der Waals surface area contributed by atoms with Crippen molar-refractivity contribution in [3.63, 3.8) is 0 Å². The summed E-state index contributed by atoms with van der Waals surface area (Å²) < 4.78 is 13.8. The zero-order valence-corrected chi connectivity index (χ0v) is 10.4. The molecule has 1 N–H and O–H groups in total. The van der Waals surface area contributed by atoms with Crippen LogP contribution in [0.1, 0.15) is 35.1 Å². The Morgan fingerprint density at radius 3 is 2.61 bits per heavy atom. The summed E-state index contributed by atoms with van der Waals surface area (Å²) in [5, 5.41) is 10.6. The summed E-state index contributed by atoms with van der Waals surface area (Å²) in [6.07, 6.45) is -0.0559. The predicted octanol–water partition coefficient (Wildman–Crippen LogP) is 4.05. The number of halogens is 2. The Balaban J connectivity index is 2.11. The first kappa shape index (κ1) is 11.7. The van der Waals surface area contributed by atoms with Crippen LogP contribution in [-0.4, -0.2) is 5.11 Å². The average Bonchev–Trinajstić information content (AvgIpc) is 2.67. The Morgan fingerprint density at radius 1 is 1.06 bits per heavy atom. The molecule has 1 aliphatic rings. The predicted molar refractivity (Wildman–Crippen MR) is 69.3 cm³/mol. The summed E-state index contributed by atoms with van der Waals surface area (Å²) in [4.78, 5) is 0. The van der Waals surface area contributed by atoms with E-state index in [2.05, 4.69) is 0 Å². The van der Waals surface area contributed by atoms with Gasteiger partial charge in [-0.05, 0) is 41.3 Å². The van der Waals surface area contributed by atoms with Crippen LogP contribution in [0.25, 0.3) is 0 Å².